The molecular weight excluding hydrogens is 316 g/mol. The number of nitrogens with one attached hydrogen (secondary N) is 2. The van der Waals surface area contributed by atoms with E-state index < -0.39 is 0 Å². The topological polar surface area (TPSA) is 70.2 Å². The van der Waals surface area contributed by atoms with Crippen LogP contribution in [-0.4, -0.2) is 53.5 Å². The molecule has 0 aliphatic carbocycles. The number of nitrogens with zero attached hydrogens (tertiary/aromatic N) is 2. The van der Waals surface area contributed by atoms with Gasteiger partial charge in [-0.1, -0.05) is 30.3 Å². The van der Waals surface area contributed by atoms with Crippen LogP contribution in [0.1, 0.15) is 23.2 Å². The van der Waals surface area contributed by atoms with Crippen LogP contribution in [0.25, 0.3) is 0 Å². The Morgan fingerprint density at radius 3 is 3.00 bits per heavy atom. The minimum absolute atomic E-state index is 0.00489. The molecule has 6 heteroatoms. The molecule has 1 aliphatic heterocycles. The average molecular weight is 342 g/mol. The van der Waals surface area contributed by atoms with Crippen LogP contribution >= 0.6 is 0 Å². The SMILES string of the molecule is Cc1[nH]ncc1CCCNC(=O)N1CCO[C@H](Cc2ccccc2)C1. The molecule has 1 atom stereocenters. The van der Waals surface area contributed by atoms with Crippen molar-refractivity contribution in [3.8, 4) is 0 Å². The lowest BCUT2D eigenvalue weighted by Gasteiger charge is -2.33. The summed E-state index contributed by atoms with van der Waals surface area (Å²) >= 11 is 0. The van der Waals surface area contributed by atoms with Crippen molar-refractivity contribution in [2.75, 3.05) is 26.2 Å². The molecular formula is C19H26N4O2. The molecule has 134 valence electrons. The Balaban J connectivity index is 1.40. The van der Waals surface area contributed by atoms with E-state index in [2.05, 4.69) is 27.6 Å². The summed E-state index contributed by atoms with van der Waals surface area (Å²) in [5.74, 6) is 0. The van der Waals surface area contributed by atoms with Crippen LogP contribution in [0.3, 0.4) is 0 Å². The second kappa shape index (κ2) is 8.67. The van der Waals surface area contributed by atoms with Gasteiger partial charge in [-0.05, 0) is 30.9 Å². The zero-order valence-corrected chi connectivity index (χ0v) is 14.7. The van der Waals surface area contributed by atoms with Crippen LogP contribution in [0.15, 0.2) is 36.5 Å². The fourth-order valence-electron chi connectivity index (χ4n) is 3.12. The number of benzene rings is 1. The number of carbonyl (C=O) groups is 1. The van der Waals surface area contributed by atoms with E-state index in [1.54, 1.807) is 0 Å². The van der Waals surface area contributed by atoms with Gasteiger partial charge in [0.15, 0.2) is 0 Å². The van der Waals surface area contributed by atoms with E-state index in [9.17, 15) is 4.79 Å². The van der Waals surface area contributed by atoms with Gasteiger partial charge in [0.25, 0.3) is 0 Å². The summed E-state index contributed by atoms with van der Waals surface area (Å²) in [7, 11) is 0. The van der Waals surface area contributed by atoms with Crippen molar-refractivity contribution in [2.45, 2.75) is 32.3 Å². The van der Waals surface area contributed by atoms with Crippen molar-refractivity contribution in [1.29, 1.82) is 0 Å². The van der Waals surface area contributed by atoms with Crippen molar-refractivity contribution < 1.29 is 9.53 Å². The first-order valence-corrected chi connectivity index (χ1v) is 8.89. The lowest BCUT2D eigenvalue weighted by Crippen LogP contribution is -2.50. The number of morpholine rings is 1. The number of urea groups is 1. The van der Waals surface area contributed by atoms with Crippen molar-refractivity contribution >= 4 is 6.03 Å². The minimum atomic E-state index is 0.00489. The molecule has 1 aliphatic rings. The Bertz CT molecular complexity index is 671. The number of hydrogen-bond acceptors (Lipinski definition) is 3. The summed E-state index contributed by atoms with van der Waals surface area (Å²) in [5.41, 5.74) is 3.55. The number of aromatic amines is 1. The van der Waals surface area contributed by atoms with Crippen LogP contribution < -0.4 is 5.32 Å². The van der Waals surface area contributed by atoms with Crippen LogP contribution in [-0.2, 0) is 17.6 Å². The quantitative estimate of drug-likeness (QED) is 0.792. The molecule has 25 heavy (non-hydrogen) atoms. The zero-order chi connectivity index (χ0) is 17.5. The molecule has 3 rings (SSSR count). The summed E-state index contributed by atoms with van der Waals surface area (Å²) in [6, 6.07) is 10.3. The molecule has 1 aromatic carbocycles. The summed E-state index contributed by atoms with van der Waals surface area (Å²) in [6.45, 7) is 4.57. The maximum Gasteiger partial charge on any atom is 0.317 e. The highest BCUT2D eigenvalue weighted by Crippen LogP contribution is 2.12. The van der Waals surface area contributed by atoms with E-state index in [1.807, 2.05) is 36.2 Å². The highest BCUT2D eigenvalue weighted by molar-refractivity contribution is 5.74. The fraction of sp³-hybridized carbons (Fsp3) is 0.474. The van der Waals surface area contributed by atoms with Gasteiger partial charge in [-0.3, -0.25) is 5.10 Å². The third-order valence-corrected chi connectivity index (χ3v) is 4.57. The first-order valence-electron chi connectivity index (χ1n) is 8.89. The second-order valence-corrected chi connectivity index (χ2v) is 6.48. The maximum absolute atomic E-state index is 12.4. The largest absolute Gasteiger partial charge is 0.374 e. The van der Waals surface area contributed by atoms with Crippen molar-refractivity contribution in [1.82, 2.24) is 20.4 Å². The third kappa shape index (κ3) is 5.06. The molecule has 6 nitrogen and oxygen atoms in total. The molecule has 1 saturated heterocycles. The average Bonchev–Trinajstić information content (AvgIpc) is 3.04. The van der Waals surface area contributed by atoms with Crippen molar-refractivity contribution in [3.63, 3.8) is 0 Å². The Labute approximate surface area is 148 Å². The number of ether oxygens (including phenoxy) is 1. The number of H-pyrrole nitrogens is 1. The minimum Gasteiger partial charge on any atom is -0.374 e. The van der Waals surface area contributed by atoms with Gasteiger partial charge in [-0.15, -0.1) is 0 Å². The predicted octanol–water partition coefficient (Wildman–Crippen LogP) is 2.30. The highest BCUT2D eigenvalue weighted by Gasteiger charge is 2.24. The van der Waals surface area contributed by atoms with E-state index >= 15 is 0 Å². The van der Waals surface area contributed by atoms with Crippen molar-refractivity contribution in [3.05, 3.63) is 53.3 Å². The van der Waals surface area contributed by atoms with E-state index in [-0.39, 0.29) is 12.1 Å². The number of hydrogen-bond donors (Lipinski definition) is 2. The Morgan fingerprint density at radius 2 is 2.24 bits per heavy atom. The van der Waals surface area contributed by atoms with Crippen LogP contribution in [0.2, 0.25) is 0 Å². The Kier molecular flexibility index (Phi) is 6.06. The smallest absolute Gasteiger partial charge is 0.317 e. The fourth-order valence-corrected chi connectivity index (χ4v) is 3.12. The van der Waals surface area contributed by atoms with Crippen LogP contribution in [0.5, 0.6) is 0 Å². The van der Waals surface area contributed by atoms with Crippen LogP contribution in [0, 0.1) is 6.92 Å². The standard InChI is InChI=1S/C19H26N4O2/c1-15-17(13-21-22-15)8-5-9-20-19(24)23-10-11-25-18(14-23)12-16-6-3-2-4-7-16/h2-4,6-7,13,18H,5,8-12,14H2,1H3,(H,20,24)(H,21,22)/t18-/m1/s1. The number of aryl methyl sites for hydroxylation is 2. The van der Waals surface area contributed by atoms with Gasteiger partial charge in [0.1, 0.15) is 0 Å². The molecule has 0 bridgehead atoms. The number of rotatable bonds is 6. The number of amides is 2. The van der Waals surface area contributed by atoms with Crippen LogP contribution in [0.4, 0.5) is 4.79 Å². The summed E-state index contributed by atoms with van der Waals surface area (Å²) in [4.78, 5) is 14.2. The molecule has 0 radical (unpaired) electrons. The summed E-state index contributed by atoms with van der Waals surface area (Å²) in [6.07, 6.45) is 4.58. The monoisotopic (exact) mass is 342 g/mol. The molecule has 0 spiro atoms. The summed E-state index contributed by atoms with van der Waals surface area (Å²) < 4.78 is 5.82. The molecule has 0 unspecified atom stereocenters. The summed E-state index contributed by atoms with van der Waals surface area (Å²) in [5, 5.41) is 9.97. The van der Waals surface area contributed by atoms with Gasteiger partial charge in [0, 0.05) is 31.7 Å². The van der Waals surface area contributed by atoms with Crippen molar-refractivity contribution in [2.24, 2.45) is 0 Å². The van der Waals surface area contributed by atoms with E-state index in [0.29, 0.717) is 26.2 Å². The predicted molar refractivity (Wildman–Crippen MR) is 96.5 cm³/mol. The normalized spacial score (nSPS) is 17.5. The molecule has 1 fully saturated rings. The molecule has 1 aromatic heterocycles. The number of carbonyl (C=O) groups excluding carboxylic acids is 1. The first-order chi connectivity index (χ1) is 12.2. The molecule has 2 N–H and O–H groups in total. The molecule has 2 amide bonds. The maximum atomic E-state index is 12.4. The van der Waals surface area contributed by atoms with Gasteiger partial charge in [0.05, 0.1) is 18.9 Å². The third-order valence-electron chi connectivity index (χ3n) is 4.57. The van der Waals surface area contributed by atoms with Gasteiger partial charge in [0.2, 0.25) is 0 Å². The van der Waals surface area contributed by atoms with Gasteiger partial charge in [-0.2, -0.15) is 5.10 Å². The number of aromatic nitrogens is 2. The van der Waals surface area contributed by atoms with Gasteiger partial charge < -0.3 is 15.0 Å². The first kappa shape index (κ1) is 17.5. The van der Waals surface area contributed by atoms with E-state index in [4.69, 9.17) is 4.74 Å². The zero-order valence-electron chi connectivity index (χ0n) is 14.7. The highest BCUT2D eigenvalue weighted by atomic mass is 16.5. The van der Waals surface area contributed by atoms with E-state index in [1.165, 1.54) is 11.1 Å². The molecule has 0 saturated carbocycles. The Hall–Kier alpha value is -2.34. The second-order valence-electron chi connectivity index (χ2n) is 6.48. The lowest BCUT2D eigenvalue weighted by atomic mass is 10.1. The van der Waals surface area contributed by atoms with E-state index in [0.717, 1.165) is 25.0 Å². The molecule has 2 aromatic rings. The Morgan fingerprint density at radius 1 is 1.40 bits per heavy atom. The van der Waals surface area contributed by atoms with Gasteiger partial charge in [-0.25, -0.2) is 4.79 Å². The molecule has 2 heterocycles. The van der Waals surface area contributed by atoms with Gasteiger partial charge >= 0.3 is 6.03 Å². The lowest BCUT2D eigenvalue weighted by molar-refractivity contribution is -0.0132.